The fraction of sp³-hybridized carbons (Fsp3) is 0.750. The number of likely N-dealkylation sites (N-methyl/N-ethyl adjacent to an activating group) is 2. The molecule has 0 saturated heterocycles. The van der Waals surface area contributed by atoms with Crippen LogP contribution in [-0.4, -0.2) is 42.3 Å². The third-order valence-corrected chi connectivity index (χ3v) is 2.67. The third kappa shape index (κ3) is 4.51. The van der Waals surface area contributed by atoms with E-state index in [1.54, 1.807) is 4.90 Å². The minimum Gasteiger partial charge on any atom is -0.406 e. The highest BCUT2D eigenvalue weighted by Crippen LogP contribution is 2.16. The van der Waals surface area contributed by atoms with Crippen molar-refractivity contribution in [3.8, 4) is 0 Å². The summed E-state index contributed by atoms with van der Waals surface area (Å²) >= 11 is 0. The zero-order chi connectivity index (χ0) is 14.3. The van der Waals surface area contributed by atoms with Gasteiger partial charge in [-0.25, -0.2) is 0 Å². The van der Waals surface area contributed by atoms with Crippen LogP contribution in [0.25, 0.3) is 0 Å². The molecule has 2 N–H and O–H groups in total. The lowest BCUT2D eigenvalue weighted by molar-refractivity contribution is -0.119. The van der Waals surface area contributed by atoms with Crippen LogP contribution in [0.3, 0.4) is 0 Å². The Balaban J connectivity index is 2.68. The van der Waals surface area contributed by atoms with Crippen LogP contribution < -0.4 is 15.5 Å². The van der Waals surface area contributed by atoms with Crippen molar-refractivity contribution < 1.29 is 9.21 Å². The van der Waals surface area contributed by atoms with E-state index >= 15 is 0 Å². The third-order valence-electron chi connectivity index (χ3n) is 2.67. The molecule has 0 aliphatic heterocycles. The van der Waals surface area contributed by atoms with Gasteiger partial charge in [0.25, 0.3) is 0 Å². The first-order valence-corrected chi connectivity index (χ1v) is 6.70. The van der Waals surface area contributed by atoms with Gasteiger partial charge in [0, 0.05) is 13.1 Å². The van der Waals surface area contributed by atoms with Crippen LogP contribution in [0.2, 0.25) is 0 Å². The average Bonchev–Trinajstić information content (AvgIpc) is 2.86. The smallest absolute Gasteiger partial charge is 0.318 e. The normalized spacial score (nSPS) is 12.2. The van der Waals surface area contributed by atoms with Gasteiger partial charge < -0.3 is 20.0 Å². The summed E-state index contributed by atoms with van der Waals surface area (Å²) < 4.78 is 5.59. The standard InChI is InChI=1S/C12H23N5O2/c1-5-13-9(4)11-15-16-12(19-11)17(7-3)8-10(18)14-6-2/h9,13H,5-8H2,1-4H3,(H,14,18). The molecule has 0 aliphatic carbocycles. The highest BCUT2D eigenvalue weighted by atomic mass is 16.4. The Labute approximate surface area is 113 Å². The van der Waals surface area contributed by atoms with E-state index in [1.807, 2.05) is 27.7 Å². The van der Waals surface area contributed by atoms with Gasteiger partial charge in [-0.15, -0.1) is 5.10 Å². The molecule has 0 bridgehead atoms. The van der Waals surface area contributed by atoms with Gasteiger partial charge in [0.2, 0.25) is 11.8 Å². The van der Waals surface area contributed by atoms with Crippen molar-refractivity contribution in [3.05, 3.63) is 5.89 Å². The zero-order valence-electron chi connectivity index (χ0n) is 12.1. The molecule has 1 amide bonds. The Hall–Kier alpha value is -1.63. The number of anilines is 1. The minimum absolute atomic E-state index is 0.00873. The first-order valence-electron chi connectivity index (χ1n) is 6.70. The van der Waals surface area contributed by atoms with E-state index in [0.717, 1.165) is 6.54 Å². The Morgan fingerprint density at radius 3 is 2.63 bits per heavy atom. The van der Waals surface area contributed by atoms with E-state index in [1.165, 1.54) is 0 Å². The van der Waals surface area contributed by atoms with Crippen LogP contribution in [0, 0.1) is 0 Å². The van der Waals surface area contributed by atoms with Crippen molar-refractivity contribution >= 4 is 11.9 Å². The molecule has 7 nitrogen and oxygen atoms in total. The van der Waals surface area contributed by atoms with Crippen molar-refractivity contribution in [2.24, 2.45) is 0 Å². The van der Waals surface area contributed by atoms with E-state index < -0.39 is 0 Å². The number of aromatic nitrogens is 2. The van der Waals surface area contributed by atoms with E-state index in [-0.39, 0.29) is 18.5 Å². The molecule has 19 heavy (non-hydrogen) atoms. The van der Waals surface area contributed by atoms with Gasteiger partial charge >= 0.3 is 6.01 Å². The second kappa shape index (κ2) is 7.73. The van der Waals surface area contributed by atoms with E-state index in [0.29, 0.717) is 25.0 Å². The number of amides is 1. The molecule has 0 aliphatic rings. The molecule has 0 radical (unpaired) electrons. The van der Waals surface area contributed by atoms with Gasteiger partial charge in [-0.05, 0) is 27.3 Å². The monoisotopic (exact) mass is 269 g/mol. The van der Waals surface area contributed by atoms with Crippen molar-refractivity contribution in [3.63, 3.8) is 0 Å². The van der Waals surface area contributed by atoms with Gasteiger partial charge in [0.15, 0.2) is 0 Å². The fourth-order valence-corrected chi connectivity index (χ4v) is 1.66. The molecular weight excluding hydrogens is 246 g/mol. The van der Waals surface area contributed by atoms with Crippen LogP contribution in [0.5, 0.6) is 0 Å². The fourth-order valence-electron chi connectivity index (χ4n) is 1.66. The van der Waals surface area contributed by atoms with Crippen LogP contribution in [0.15, 0.2) is 4.42 Å². The Morgan fingerprint density at radius 1 is 1.32 bits per heavy atom. The summed E-state index contributed by atoms with van der Waals surface area (Å²) in [6, 6.07) is 0.392. The molecule has 0 fully saturated rings. The second-order valence-electron chi connectivity index (χ2n) is 4.17. The molecular formula is C12H23N5O2. The molecule has 0 saturated carbocycles. The highest BCUT2D eigenvalue weighted by molar-refractivity contribution is 5.80. The second-order valence-corrected chi connectivity index (χ2v) is 4.17. The predicted octanol–water partition coefficient (Wildman–Crippen LogP) is 0.702. The van der Waals surface area contributed by atoms with Crippen LogP contribution in [0.4, 0.5) is 6.01 Å². The van der Waals surface area contributed by atoms with E-state index in [2.05, 4.69) is 20.8 Å². The lowest BCUT2D eigenvalue weighted by Gasteiger charge is -2.17. The molecule has 7 heteroatoms. The molecule has 0 spiro atoms. The first-order chi connectivity index (χ1) is 9.12. The number of hydrogen-bond donors (Lipinski definition) is 2. The van der Waals surface area contributed by atoms with Gasteiger partial charge in [0.1, 0.15) is 6.54 Å². The summed E-state index contributed by atoms with van der Waals surface area (Å²) in [5.41, 5.74) is 0. The number of rotatable bonds is 8. The maximum absolute atomic E-state index is 11.6. The molecule has 1 rings (SSSR count). The summed E-state index contributed by atoms with van der Waals surface area (Å²) in [4.78, 5) is 13.3. The van der Waals surface area contributed by atoms with Gasteiger partial charge in [-0.3, -0.25) is 4.79 Å². The van der Waals surface area contributed by atoms with Gasteiger partial charge in [-0.1, -0.05) is 12.0 Å². The summed E-state index contributed by atoms with van der Waals surface area (Å²) in [5, 5.41) is 13.9. The number of carbonyl (C=O) groups is 1. The van der Waals surface area contributed by atoms with Gasteiger partial charge in [-0.2, -0.15) is 0 Å². The maximum atomic E-state index is 11.6. The molecule has 1 heterocycles. The van der Waals surface area contributed by atoms with Crippen molar-refractivity contribution in [1.29, 1.82) is 0 Å². The largest absolute Gasteiger partial charge is 0.406 e. The molecule has 1 aromatic heterocycles. The van der Waals surface area contributed by atoms with Crippen molar-refractivity contribution in [2.75, 3.05) is 31.1 Å². The average molecular weight is 269 g/mol. The van der Waals surface area contributed by atoms with Crippen molar-refractivity contribution in [2.45, 2.75) is 33.7 Å². The van der Waals surface area contributed by atoms with E-state index in [4.69, 9.17) is 4.42 Å². The lowest BCUT2D eigenvalue weighted by atomic mass is 10.3. The molecule has 108 valence electrons. The molecule has 1 aromatic rings. The molecule has 1 unspecified atom stereocenters. The Morgan fingerprint density at radius 2 is 2.05 bits per heavy atom. The quantitative estimate of drug-likeness (QED) is 0.723. The highest BCUT2D eigenvalue weighted by Gasteiger charge is 2.18. The van der Waals surface area contributed by atoms with Crippen LogP contribution in [0.1, 0.15) is 39.6 Å². The minimum atomic E-state index is -0.0520. The molecule has 0 aromatic carbocycles. The topological polar surface area (TPSA) is 83.3 Å². The number of carbonyl (C=O) groups excluding carboxylic acids is 1. The SMILES string of the molecule is CCNC(=O)CN(CC)c1nnc(C(C)NCC)o1. The summed E-state index contributed by atoms with van der Waals surface area (Å²) in [5.74, 6) is 0.482. The summed E-state index contributed by atoms with van der Waals surface area (Å²) in [7, 11) is 0. The predicted molar refractivity (Wildman–Crippen MR) is 73.0 cm³/mol. The maximum Gasteiger partial charge on any atom is 0.318 e. The number of hydrogen-bond acceptors (Lipinski definition) is 6. The van der Waals surface area contributed by atoms with Gasteiger partial charge in [0.05, 0.1) is 6.04 Å². The van der Waals surface area contributed by atoms with E-state index in [9.17, 15) is 4.79 Å². The summed E-state index contributed by atoms with van der Waals surface area (Å²) in [6.45, 7) is 10.1. The molecule has 1 atom stereocenters. The Bertz CT molecular complexity index is 393. The van der Waals surface area contributed by atoms with Crippen molar-refractivity contribution in [1.82, 2.24) is 20.8 Å². The summed E-state index contributed by atoms with van der Waals surface area (Å²) in [6.07, 6.45) is 0. The number of nitrogens with one attached hydrogen (secondary N) is 2. The first kappa shape index (κ1) is 15.4. The number of nitrogens with zero attached hydrogens (tertiary/aromatic N) is 3. The van der Waals surface area contributed by atoms with Crippen LogP contribution >= 0.6 is 0 Å². The lowest BCUT2D eigenvalue weighted by Crippen LogP contribution is -2.37. The van der Waals surface area contributed by atoms with Crippen LogP contribution in [-0.2, 0) is 4.79 Å². The zero-order valence-corrected chi connectivity index (χ0v) is 12.1. The Kier molecular flexibility index (Phi) is 6.27.